The third-order valence-corrected chi connectivity index (χ3v) is 5.13. The first-order chi connectivity index (χ1) is 11.7. The van der Waals surface area contributed by atoms with Crippen LogP contribution in [0.15, 0.2) is 54.9 Å². The molecule has 0 bridgehead atoms. The second-order valence-corrected chi connectivity index (χ2v) is 6.69. The molecular formula is C19H19N3O2. The van der Waals surface area contributed by atoms with Crippen LogP contribution in [0.1, 0.15) is 23.2 Å². The molecule has 2 fully saturated rings. The Kier molecular flexibility index (Phi) is 3.56. The third kappa shape index (κ3) is 2.66. The average Bonchev–Trinajstić information content (AvgIpc) is 3.16. The molecule has 2 aliphatic rings. The van der Waals surface area contributed by atoms with Crippen LogP contribution in [-0.4, -0.2) is 34.8 Å². The van der Waals surface area contributed by atoms with Gasteiger partial charge in [-0.2, -0.15) is 0 Å². The van der Waals surface area contributed by atoms with Gasteiger partial charge in [0.05, 0.1) is 11.9 Å². The zero-order valence-corrected chi connectivity index (χ0v) is 13.3. The lowest BCUT2D eigenvalue weighted by atomic mass is 10.0. The fraction of sp³-hybridized carbons (Fsp3) is 0.316. The molecule has 2 unspecified atom stereocenters. The summed E-state index contributed by atoms with van der Waals surface area (Å²) < 4.78 is 0. The number of nitrogens with zero attached hydrogens (tertiary/aromatic N) is 2. The Morgan fingerprint density at radius 2 is 2.00 bits per heavy atom. The van der Waals surface area contributed by atoms with Gasteiger partial charge >= 0.3 is 0 Å². The normalized spacial score (nSPS) is 24.8. The van der Waals surface area contributed by atoms with Gasteiger partial charge in [-0.15, -0.1) is 0 Å². The predicted octanol–water partition coefficient (Wildman–Crippen LogP) is 2.57. The Labute approximate surface area is 140 Å². The lowest BCUT2D eigenvalue weighted by molar-refractivity contribution is -0.118. The monoisotopic (exact) mass is 321 g/mol. The summed E-state index contributed by atoms with van der Waals surface area (Å²) in [6.45, 7) is 1.40. The smallest absolute Gasteiger partial charge is 0.253 e. The maximum Gasteiger partial charge on any atom is 0.253 e. The molecule has 5 nitrogen and oxygen atoms in total. The number of rotatable bonds is 3. The van der Waals surface area contributed by atoms with Crippen LogP contribution < -0.4 is 5.32 Å². The largest absolute Gasteiger partial charge is 0.338 e. The molecule has 122 valence electrons. The lowest BCUT2D eigenvalue weighted by Gasteiger charge is -2.16. The number of pyridine rings is 1. The van der Waals surface area contributed by atoms with Crippen molar-refractivity contribution in [1.82, 2.24) is 9.88 Å². The van der Waals surface area contributed by atoms with E-state index in [9.17, 15) is 9.59 Å². The van der Waals surface area contributed by atoms with Crippen molar-refractivity contribution in [2.45, 2.75) is 12.8 Å². The number of carbonyl (C=O) groups excluding carboxylic acids is 2. The zero-order chi connectivity index (χ0) is 16.6. The molecule has 1 aromatic carbocycles. The van der Waals surface area contributed by atoms with E-state index in [0.29, 0.717) is 12.1 Å². The van der Waals surface area contributed by atoms with E-state index >= 15 is 0 Å². The molecule has 1 spiro atoms. The molecule has 2 aromatic rings. The number of likely N-dealkylation sites (tertiary alicyclic amines) is 1. The van der Waals surface area contributed by atoms with Crippen LogP contribution in [-0.2, 0) is 4.79 Å². The molecule has 0 radical (unpaired) electrons. The van der Waals surface area contributed by atoms with Gasteiger partial charge in [0.25, 0.3) is 5.91 Å². The number of aromatic nitrogens is 1. The van der Waals surface area contributed by atoms with Crippen LogP contribution in [0.2, 0.25) is 0 Å². The van der Waals surface area contributed by atoms with E-state index in [-0.39, 0.29) is 23.1 Å². The van der Waals surface area contributed by atoms with Crippen LogP contribution in [0.25, 0.3) is 0 Å². The van der Waals surface area contributed by atoms with Gasteiger partial charge in [-0.1, -0.05) is 18.2 Å². The Hall–Kier alpha value is -2.69. The maximum absolute atomic E-state index is 12.5. The fourth-order valence-electron chi connectivity index (χ4n) is 3.67. The number of anilines is 1. The Morgan fingerprint density at radius 1 is 1.17 bits per heavy atom. The van der Waals surface area contributed by atoms with Crippen LogP contribution in [0, 0.1) is 11.3 Å². The zero-order valence-electron chi connectivity index (χ0n) is 13.3. The van der Waals surface area contributed by atoms with Crippen molar-refractivity contribution in [3.05, 3.63) is 60.4 Å². The van der Waals surface area contributed by atoms with E-state index in [0.717, 1.165) is 25.1 Å². The number of hydrogen-bond acceptors (Lipinski definition) is 3. The molecule has 4 rings (SSSR count). The third-order valence-electron chi connectivity index (χ3n) is 5.13. The summed E-state index contributed by atoms with van der Waals surface area (Å²) in [6, 6.07) is 13.0. The van der Waals surface area contributed by atoms with E-state index in [1.165, 1.54) is 0 Å². The molecule has 24 heavy (non-hydrogen) atoms. The Balaban J connectivity index is 1.39. The van der Waals surface area contributed by atoms with Gasteiger partial charge < -0.3 is 10.2 Å². The number of carbonyl (C=O) groups is 2. The van der Waals surface area contributed by atoms with Gasteiger partial charge in [-0.25, -0.2) is 0 Å². The van der Waals surface area contributed by atoms with Gasteiger partial charge in [-0.3, -0.25) is 14.6 Å². The summed E-state index contributed by atoms with van der Waals surface area (Å²) in [5.41, 5.74) is 1.41. The summed E-state index contributed by atoms with van der Waals surface area (Å²) in [7, 11) is 0. The summed E-state index contributed by atoms with van der Waals surface area (Å²) >= 11 is 0. The number of hydrogen-bond donors (Lipinski definition) is 1. The highest BCUT2D eigenvalue weighted by Gasteiger charge is 2.61. The quantitative estimate of drug-likeness (QED) is 0.945. The highest BCUT2D eigenvalue weighted by molar-refractivity contribution is 5.96. The number of nitrogens with one attached hydrogen (secondary N) is 1. The molecule has 1 N–H and O–H groups in total. The second-order valence-electron chi connectivity index (χ2n) is 6.69. The van der Waals surface area contributed by atoms with E-state index in [1.807, 2.05) is 41.3 Å². The summed E-state index contributed by atoms with van der Waals surface area (Å²) in [6.07, 6.45) is 5.08. The standard InChI is InChI=1S/C19H19N3O2/c23-17(21-15-7-4-9-20-12-15)16-11-19(16)8-10-22(13-19)18(24)14-5-2-1-3-6-14/h1-7,9,12,16H,8,10-11,13H2,(H,21,23). The molecule has 1 aromatic heterocycles. The van der Waals surface area contributed by atoms with Crippen molar-refractivity contribution >= 4 is 17.5 Å². The lowest BCUT2D eigenvalue weighted by Crippen LogP contribution is -2.29. The molecule has 1 saturated heterocycles. The topological polar surface area (TPSA) is 62.3 Å². The number of benzene rings is 1. The Bertz CT molecular complexity index is 763. The van der Waals surface area contributed by atoms with Gasteiger partial charge in [0, 0.05) is 36.2 Å². The molecule has 2 atom stereocenters. The molecule has 2 amide bonds. The highest BCUT2D eigenvalue weighted by atomic mass is 16.2. The van der Waals surface area contributed by atoms with Gasteiger partial charge in [0.1, 0.15) is 0 Å². The molecule has 2 heterocycles. The van der Waals surface area contributed by atoms with E-state index < -0.39 is 0 Å². The molecule has 5 heteroatoms. The summed E-state index contributed by atoms with van der Waals surface area (Å²) in [4.78, 5) is 30.9. The first kappa shape index (κ1) is 14.9. The van der Waals surface area contributed by atoms with Gasteiger partial charge in [0.15, 0.2) is 0 Å². The van der Waals surface area contributed by atoms with Crippen LogP contribution >= 0.6 is 0 Å². The average molecular weight is 321 g/mol. The second kappa shape index (κ2) is 5.74. The first-order valence-electron chi connectivity index (χ1n) is 8.23. The van der Waals surface area contributed by atoms with Gasteiger partial charge in [0.2, 0.25) is 5.91 Å². The fourth-order valence-corrected chi connectivity index (χ4v) is 3.67. The number of amides is 2. The first-order valence-corrected chi connectivity index (χ1v) is 8.23. The summed E-state index contributed by atoms with van der Waals surface area (Å²) in [5.74, 6) is 0.0917. The van der Waals surface area contributed by atoms with Crippen LogP contribution in [0.3, 0.4) is 0 Å². The Morgan fingerprint density at radius 3 is 2.75 bits per heavy atom. The SMILES string of the molecule is O=C(Nc1cccnc1)C1CC12CCN(C(=O)c1ccccc1)C2. The summed E-state index contributed by atoms with van der Waals surface area (Å²) in [5, 5.41) is 2.93. The van der Waals surface area contributed by atoms with Crippen molar-refractivity contribution in [3.8, 4) is 0 Å². The molecular weight excluding hydrogens is 302 g/mol. The molecule has 1 aliphatic heterocycles. The molecule has 1 saturated carbocycles. The van der Waals surface area contributed by atoms with Crippen LogP contribution in [0.4, 0.5) is 5.69 Å². The van der Waals surface area contributed by atoms with Crippen LogP contribution in [0.5, 0.6) is 0 Å². The van der Waals surface area contributed by atoms with Crippen molar-refractivity contribution in [3.63, 3.8) is 0 Å². The highest BCUT2D eigenvalue weighted by Crippen LogP contribution is 2.58. The van der Waals surface area contributed by atoms with E-state index in [4.69, 9.17) is 0 Å². The molecule has 1 aliphatic carbocycles. The van der Waals surface area contributed by atoms with E-state index in [2.05, 4.69) is 10.3 Å². The van der Waals surface area contributed by atoms with Gasteiger partial charge in [-0.05, 0) is 37.1 Å². The van der Waals surface area contributed by atoms with Crippen molar-refractivity contribution in [2.24, 2.45) is 11.3 Å². The minimum Gasteiger partial charge on any atom is -0.338 e. The minimum absolute atomic E-state index is 0.00807. The van der Waals surface area contributed by atoms with Crippen molar-refractivity contribution in [2.75, 3.05) is 18.4 Å². The minimum atomic E-state index is -0.0310. The maximum atomic E-state index is 12.5. The van der Waals surface area contributed by atoms with Crippen molar-refractivity contribution in [1.29, 1.82) is 0 Å². The predicted molar refractivity (Wildman–Crippen MR) is 90.4 cm³/mol. The van der Waals surface area contributed by atoms with E-state index in [1.54, 1.807) is 18.5 Å². The van der Waals surface area contributed by atoms with Crippen molar-refractivity contribution < 1.29 is 9.59 Å².